The largest absolute Gasteiger partial charge is 0.496 e. The summed E-state index contributed by atoms with van der Waals surface area (Å²) >= 11 is 0. The number of anilines is 1. The van der Waals surface area contributed by atoms with Gasteiger partial charge in [-0.2, -0.15) is 0 Å². The Morgan fingerprint density at radius 3 is 2.71 bits per heavy atom. The maximum absolute atomic E-state index is 12.1. The molecule has 8 nitrogen and oxygen atoms in total. The van der Waals surface area contributed by atoms with Crippen molar-refractivity contribution in [3.05, 3.63) is 42.2 Å². The second-order valence-electron chi connectivity index (χ2n) is 3.81. The van der Waals surface area contributed by atoms with Crippen LogP contribution in [-0.2, 0) is 0 Å². The summed E-state index contributed by atoms with van der Waals surface area (Å²) in [5.41, 5.74) is 5.05. The first kappa shape index (κ1) is 14.3. The Kier molecular flexibility index (Phi) is 4.30. The number of nitrogens with zero attached hydrogens (tertiary/aromatic N) is 2. The zero-order valence-electron chi connectivity index (χ0n) is 11.1. The van der Waals surface area contributed by atoms with Crippen LogP contribution < -0.4 is 20.5 Å². The maximum atomic E-state index is 12.1. The number of primary amides is 1. The first-order chi connectivity index (χ1) is 10.1. The van der Waals surface area contributed by atoms with E-state index in [4.69, 9.17) is 10.5 Å². The van der Waals surface area contributed by atoms with E-state index >= 15 is 0 Å². The molecule has 0 radical (unpaired) electrons. The molecule has 2 amide bonds. The SMILES string of the molecule is COc1cc(OC(N)=O)ncc1C(=O)Nc1ccccn1. The molecule has 2 aromatic heterocycles. The van der Waals surface area contributed by atoms with E-state index in [1.165, 1.54) is 19.4 Å². The van der Waals surface area contributed by atoms with Gasteiger partial charge in [-0.1, -0.05) is 6.07 Å². The van der Waals surface area contributed by atoms with Crippen molar-refractivity contribution < 1.29 is 19.1 Å². The molecule has 0 spiro atoms. The van der Waals surface area contributed by atoms with Crippen molar-refractivity contribution in [2.24, 2.45) is 5.73 Å². The van der Waals surface area contributed by atoms with Crippen LogP contribution in [0.15, 0.2) is 36.7 Å². The lowest BCUT2D eigenvalue weighted by atomic mass is 10.2. The summed E-state index contributed by atoms with van der Waals surface area (Å²) < 4.78 is 9.69. The summed E-state index contributed by atoms with van der Waals surface area (Å²) in [6, 6.07) is 6.40. The Morgan fingerprint density at radius 2 is 2.10 bits per heavy atom. The van der Waals surface area contributed by atoms with Crippen molar-refractivity contribution in [1.29, 1.82) is 0 Å². The summed E-state index contributed by atoms with van der Waals surface area (Å²) in [5, 5.41) is 2.59. The monoisotopic (exact) mass is 288 g/mol. The topological polar surface area (TPSA) is 116 Å². The first-order valence-corrected chi connectivity index (χ1v) is 5.84. The number of nitrogens with two attached hydrogens (primary N) is 1. The molecule has 0 aliphatic carbocycles. The fourth-order valence-corrected chi connectivity index (χ4v) is 1.54. The van der Waals surface area contributed by atoms with Crippen LogP contribution in [0.3, 0.4) is 0 Å². The summed E-state index contributed by atoms with van der Waals surface area (Å²) in [7, 11) is 1.38. The average molecular weight is 288 g/mol. The Bertz CT molecular complexity index is 660. The summed E-state index contributed by atoms with van der Waals surface area (Å²) in [5.74, 6) is 0.0640. The quantitative estimate of drug-likeness (QED) is 0.873. The van der Waals surface area contributed by atoms with Gasteiger partial charge in [0, 0.05) is 18.5 Å². The predicted molar refractivity (Wildman–Crippen MR) is 73.2 cm³/mol. The molecule has 0 bridgehead atoms. The fraction of sp³-hybridized carbons (Fsp3) is 0.0769. The van der Waals surface area contributed by atoms with Crippen LogP contribution in [0.2, 0.25) is 0 Å². The number of methoxy groups -OCH3 is 1. The first-order valence-electron chi connectivity index (χ1n) is 5.84. The molecule has 0 atom stereocenters. The number of carbonyl (C=O) groups excluding carboxylic acids is 2. The zero-order chi connectivity index (χ0) is 15.2. The molecule has 2 heterocycles. The standard InChI is InChI=1S/C13H12N4O4/c1-20-9-6-11(21-13(14)19)16-7-8(9)12(18)17-10-4-2-3-5-15-10/h2-7H,1H3,(H2,14,19)(H,15,17,18). The zero-order valence-corrected chi connectivity index (χ0v) is 11.1. The highest BCUT2D eigenvalue weighted by molar-refractivity contribution is 6.05. The van der Waals surface area contributed by atoms with Gasteiger partial charge >= 0.3 is 6.09 Å². The second-order valence-corrected chi connectivity index (χ2v) is 3.81. The van der Waals surface area contributed by atoms with Crippen molar-refractivity contribution >= 4 is 17.8 Å². The molecule has 0 aliphatic rings. The Balaban J connectivity index is 2.22. The molecule has 108 valence electrons. The summed E-state index contributed by atoms with van der Waals surface area (Å²) in [6.45, 7) is 0. The summed E-state index contributed by atoms with van der Waals surface area (Å²) in [4.78, 5) is 30.6. The van der Waals surface area contributed by atoms with E-state index in [1.807, 2.05) is 0 Å². The lowest BCUT2D eigenvalue weighted by Crippen LogP contribution is -2.18. The predicted octanol–water partition coefficient (Wildman–Crippen LogP) is 1.19. The van der Waals surface area contributed by atoms with Gasteiger partial charge in [0.15, 0.2) is 0 Å². The molecular formula is C13H12N4O4. The number of hydrogen-bond acceptors (Lipinski definition) is 6. The molecular weight excluding hydrogens is 276 g/mol. The van der Waals surface area contributed by atoms with Crippen LogP contribution in [0, 0.1) is 0 Å². The van der Waals surface area contributed by atoms with E-state index in [9.17, 15) is 9.59 Å². The Morgan fingerprint density at radius 1 is 1.29 bits per heavy atom. The third-order valence-corrected chi connectivity index (χ3v) is 2.42. The van der Waals surface area contributed by atoms with Gasteiger partial charge in [0.25, 0.3) is 5.91 Å². The minimum atomic E-state index is -1.00. The van der Waals surface area contributed by atoms with Gasteiger partial charge in [0.1, 0.15) is 17.1 Å². The molecule has 2 rings (SSSR count). The van der Waals surface area contributed by atoms with Crippen molar-refractivity contribution in [2.75, 3.05) is 12.4 Å². The van der Waals surface area contributed by atoms with Crippen molar-refractivity contribution in [3.63, 3.8) is 0 Å². The van der Waals surface area contributed by atoms with Crippen LogP contribution in [0.25, 0.3) is 0 Å². The molecule has 0 aromatic carbocycles. The minimum absolute atomic E-state index is 0.0614. The van der Waals surface area contributed by atoms with E-state index in [2.05, 4.69) is 20.0 Å². The summed E-state index contributed by atoms with van der Waals surface area (Å²) in [6.07, 6.45) is 1.76. The smallest absolute Gasteiger partial charge is 0.411 e. The number of aromatic nitrogens is 2. The molecule has 0 fully saturated rings. The number of ether oxygens (including phenoxy) is 2. The molecule has 0 aliphatic heterocycles. The molecule has 21 heavy (non-hydrogen) atoms. The van der Waals surface area contributed by atoms with E-state index in [0.29, 0.717) is 5.82 Å². The van der Waals surface area contributed by atoms with Crippen molar-refractivity contribution in [1.82, 2.24) is 9.97 Å². The highest BCUT2D eigenvalue weighted by atomic mass is 16.6. The normalized spacial score (nSPS) is 9.76. The number of pyridine rings is 2. The third-order valence-electron chi connectivity index (χ3n) is 2.42. The lowest BCUT2D eigenvalue weighted by molar-refractivity contribution is 0.102. The van der Waals surface area contributed by atoms with Crippen LogP contribution in [0.5, 0.6) is 11.6 Å². The molecule has 8 heteroatoms. The number of carbonyl (C=O) groups is 2. The fourth-order valence-electron chi connectivity index (χ4n) is 1.54. The minimum Gasteiger partial charge on any atom is -0.496 e. The Labute approximate surface area is 119 Å². The molecule has 2 aromatic rings. The van der Waals surface area contributed by atoms with Gasteiger partial charge < -0.3 is 20.5 Å². The van der Waals surface area contributed by atoms with Crippen molar-refractivity contribution in [2.45, 2.75) is 0 Å². The van der Waals surface area contributed by atoms with Crippen molar-refractivity contribution in [3.8, 4) is 11.6 Å². The molecule has 0 saturated carbocycles. The van der Waals surface area contributed by atoms with Gasteiger partial charge in [-0.3, -0.25) is 4.79 Å². The van der Waals surface area contributed by atoms with Gasteiger partial charge in [0.2, 0.25) is 5.88 Å². The van der Waals surface area contributed by atoms with Gasteiger partial charge in [-0.25, -0.2) is 14.8 Å². The number of rotatable bonds is 4. The third kappa shape index (κ3) is 3.66. The van der Waals surface area contributed by atoms with E-state index in [0.717, 1.165) is 0 Å². The van der Waals surface area contributed by atoms with E-state index < -0.39 is 12.0 Å². The number of hydrogen-bond donors (Lipinski definition) is 2. The number of nitrogens with one attached hydrogen (secondary N) is 1. The second kappa shape index (κ2) is 6.33. The van der Waals surface area contributed by atoms with E-state index in [-0.39, 0.29) is 17.2 Å². The maximum Gasteiger partial charge on any atom is 0.411 e. The molecule has 3 N–H and O–H groups in total. The van der Waals surface area contributed by atoms with Gasteiger partial charge in [0.05, 0.1) is 7.11 Å². The Hall–Kier alpha value is -3.16. The van der Waals surface area contributed by atoms with E-state index in [1.54, 1.807) is 24.4 Å². The van der Waals surface area contributed by atoms with Crippen LogP contribution in [0.4, 0.5) is 10.6 Å². The average Bonchev–Trinajstić information content (AvgIpc) is 2.47. The lowest BCUT2D eigenvalue weighted by Gasteiger charge is -2.09. The highest BCUT2D eigenvalue weighted by Gasteiger charge is 2.15. The van der Waals surface area contributed by atoms with Gasteiger partial charge in [-0.15, -0.1) is 0 Å². The highest BCUT2D eigenvalue weighted by Crippen LogP contribution is 2.23. The van der Waals surface area contributed by atoms with Crippen LogP contribution in [-0.4, -0.2) is 29.1 Å². The van der Waals surface area contributed by atoms with Crippen LogP contribution >= 0.6 is 0 Å². The molecule has 0 unspecified atom stereocenters. The molecule has 0 saturated heterocycles. The number of amides is 2. The van der Waals surface area contributed by atoms with Gasteiger partial charge in [-0.05, 0) is 12.1 Å². The van der Waals surface area contributed by atoms with Crippen LogP contribution in [0.1, 0.15) is 10.4 Å².